The molecule has 2 aromatic carbocycles. The van der Waals surface area contributed by atoms with Gasteiger partial charge in [-0.1, -0.05) is 12.1 Å². The lowest BCUT2D eigenvalue weighted by Crippen LogP contribution is -2.18. The highest BCUT2D eigenvalue weighted by atomic mass is 32.2. The first kappa shape index (κ1) is 22.9. The lowest BCUT2D eigenvalue weighted by molar-refractivity contribution is -0.140. The number of nitriles is 1. The van der Waals surface area contributed by atoms with Crippen molar-refractivity contribution in [3.8, 4) is 28.5 Å². The Morgan fingerprint density at radius 3 is 2.34 bits per heavy atom. The summed E-state index contributed by atoms with van der Waals surface area (Å²) in [5.74, 6) is -0.781. The molecule has 3 rings (SSSR count). The number of rotatable bonds is 7. The van der Waals surface area contributed by atoms with Crippen LogP contribution in [0.4, 0.5) is 10.2 Å². The Bertz CT molecular complexity index is 1290. The summed E-state index contributed by atoms with van der Waals surface area (Å²) >= 11 is 0. The molecule has 1 heterocycles. The maximum atomic E-state index is 13.5. The summed E-state index contributed by atoms with van der Waals surface area (Å²) in [6.07, 6.45) is 0. The lowest BCUT2D eigenvalue weighted by atomic mass is 9.97. The molecular weight excluding hydrogens is 435 g/mol. The van der Waals surface area contributed by atoms with Gasteiger partial charge in [-0.3, -0.25) is 4.79 Å². The number of aromatic nitrogens is 1. The summed E-state index contributed by atoms with van der Waals surface area (Å²) in [7, 11) is -3.87. The second kappa shape index (κ2) is 9.55. The maximum absolute atomic E-state index is 13.5. The largest absolute Gasteiger partial charge is 0.465 e. The smallest absolute Gasteiger partial charge is 0.325 e. The van der Waals surface area contributed by atoms with Crippen LogP contribution >= 0.6 is 0 Å². The van der Waals surface area contributed by atoms with Crippen molar-refractivity contribution >= 4 is 21.8 Å². The fraction of sp³-hybridized carbons (Fsp3) is 0.136. The normalized spacial score (nSPS) is 10.9. The van der Waals surface area contributed by atoms with Crippen molar-refractivity contribution in [2.45, 2.75) is 11.8 Å². The average Bonchev–Trinajstić information content (AvgIpc) is 2.77. The molecule has 0 radical (unpaired) electrons. The molecule has 0 saturated carbocycles. The highest BCUT2D eigenvalue weighted by molar-refractivity contribution is 7.89. The third kappa shape index (κ3) is 5.26. The van der Waals surface area contributed by atoms with Crippen LogP contribution in [0.25, 0.3) is 22.4 Å². The van der Waals surface area contributed by atoms with Crippen molar-refractivity contribution in [1.29, 1.82) is 5.26 Å². The number of carbonyl (C=O) groups is 1. The first-order valence-electron chi connectivity index (χ1n) is 9.46. The van der Waals surface area contributed by atoms with Crippen LogP contribution in [-0.4, -0.2) is 32.5 Å². The number of nitrogens with two attached hydrogens (primary N) is 1. The molecule has 0 atom stereocenters. The van der Waals surface area contributed by atoms with E-state index in [1.807, 2.05) is 6.07 Å². The van der Waals surface area contributed by atoms with E-state index in [1.54, 1.807) is 13.0 Å². The van der Waals surface area contributed by atoms with E-state index in [1.165, 1.54) is 48.5 Å². The van der Waals surface area contributed by atoms with E-state index in [0.717, 1.165) is 0 Å². The fourth-order valence-electron chi connectivity index (χ4n) is 2.97. The standard InChI is InChI=1S/C22H19FN4O4S/c1-2-31-20(28)13-26-22-16(12-24)11-19(14-5-9-18(10-6-14)32(25,29)30)21(27-22)15-3-7-17(23)8-4-15/h3-11H,2,13H2,1H3,(H,26,27)(H2,25,29,30). The van der Waals surface area contributed by atoms with Gasteiger partial charge in [0.2, 0.25) is 10.0 Å². The highest BCUT2D eigenvalue weighted by Gasteiger charge is 2.17. The van der Waals surface area contributed by atoms with Crippen LogP contribution in [0.3, 0.4) is 0 Å². The van der Waals surface area contributed by atoms with Gasteiger partial charge in [-0.05, 0) is 55.0 Å². The number of nitrogens with zero attached hydrogens (tertiary/aromatic N) is 2. The average molecular weight is 454 g/mol. The van der Waals surface area contributed by atoms with Gasteiger partial charge in [0.25, 0.3) is 0 Å². The maximum Gasteiger partial charge on any atom is 0.325 e. The van der Waals surface area contributed by atoms with E-state index in [0.29, 0.717) is 22.4 Å². The number of anilines is 1. The molecule has 0 aliphatic heterocycles. The van der Waals surface area contributed by atoms with Crippen LogP contribution in [0.15, 0.2) is 59.5 Å². The Balaban J connectivity index is 2.13. The molecule has 0 aliphatic carbocycles. The lowest BCUT2D eigenvalue weighted by Gasteiger charge is -2.14. The summed E-state index contributed by atoms with van der Waals surface area (Å²) in [5.41, 5.74) is 2.19. The van der Waals surface area contributed by atoms with Crippen LogP contribution in [0.2, 0.25) is 0 Å². The summed E-state index contributed by atoms with van der Waals surface area (Å²) in [6, 6.07) is 15.0. The molecular formula is C22H19FN4O4S. The van der Waals surface area contributed by atoms with Crippen LogP contribution in [0.1, 0.15) is 12.5 Å². The molecule has 164 valence electrons. The van der Waals surface area contributed by atoms with Crippen molar-refractivity contribution in [3.05, 3.63) is 66.0 Å². The molecule has 0 unspecified atom stereocenters. The van der Waals surface area contributed by atoms with Gasteiger partial charge in [0.05, 0.1) is 22.8 Å². The van der Waals surface area contributed by atoms with Gasteiger partial charge in [0.1, 0.15) is 24.2 Å². The molecule has 3 N–H and O–H groups in total. The second-order valence-electron chi connectivity index (χ2n) is 6.63. The SMILES string of the molecule is CCOC(=O)CNc1nc(-c2ccc(F)cc2)c(-c2ccc(S(N)(=O)=O)cc2)cc1C#N. The zero-order chi connectivity index (χ0) is 23.3. The van der Waals surface area contributed by atoms with Crippen molar-refractivity contribution in [2.24, 2.45) is 5.14 Å². The van der Waals surface area contributed by atoms with Gasteiger partial charge in [0, 0.05) is 11.1 Å². The molecule has 0 fully saturated rings. The third-order valence-corrected chi connectivity index (χ3v) is 5.39. The van der Waals surface area contributed by atoms with E-state index in [4.69, 9.17) is 9.88 Å². The highest BCUT2D eigenvalue weighted by Crippen LogP contribution is 2.34. The van der Waals surface area contributed by atoms with Crippen molar-refractivity contribution in [1.82, 2.24) is 4.98 Å². The van der Waals surface area contributed by atoms with Gasteiger partial charge >= 0.3 is 5.97 Å². The monoisotopic (exact) mass is 454 g/mol. The molecule has 0 spiro atoms. The summed E-state index contributed by atoms with van der Waals surface area (Å²) in [4.78, 5) is 16.2. The number of ether oxygens (including phenoxy) is 1. The van der Waals surface area contributed by atoms with E-state index in [-0.39, 0.29) is 29.4 Å². The third-order valence-electron chi connectivity index (χ3n) is 4.46. The fourth-order valence-corrected chi connectivity index (χ4v) is 3.49. The zero-order valence-corrected chi connectivity index (χ0v) is 17.8. The molecule has 32 heavy (non-hydrogen) atoms. The molecule has 0 aliphatic rings. The quantitative estimate of drug-likeness (QED) is 0.524. The molecule has 8 nitrogen and oxygen atoms in total. The van der Waals surface area contributed by atoms with Crippen LogP contribution < -0.4 is 10.5 Å². The Hall–Kier alpha value is -3.81. The molecule has 10 heteroatoms. The second-order valence-corrected chi connectivity index (χ2v) is 8.19. The molecule has 0 bridgehead atoms. The number of carbonyl (C=O) groups excluding carboxylic acids is 1. The molecule has 3 aromatic rings. The number of hydrogen-bond donors (Lipinski definition) is 2. The molecule has 1 aromatic heterocycles. The minimum absolute atomic E-state index is 0.0641. The van der Waals surface area contributed by atoms with Crippen molar-refractivity contribution in [3.63, 3.8) is 0 Å². The first-order valence-corrected chi connectivity index (χ1v) is 11.0. The van der Waals surface area contributed by atoms with Crippen molar-refractivity contribution < 1.29 is 22.3 Å². The predicted molar refractivity (Wildman–Crippen MR) is 116 cm³/mol. The van der Waals surface area contributed by atoms with Crippen LogP contribution in [-0.2, 0) is 19.6 Å². The van der Waals surface area contributed by atoms with Crippen LogP contribution in [0.5, 0.6) is 0 Å². The van der Waals surface area contributed by atoms with Gasteiger partial charge in [0.15, 0.2) is 0 Å². The summed E-state index contributed by atoms with van der Waals surface area (Å²) in [6.45, 7) is 1.70. The number of pyridine rings is 1. The van der Waals surface area contributed by atoms with Gasteiger partial charge in [-0.25, -0.2) is 22.9 Å². The number of sulfonamides is 1. The predicted octanol–water partition coefficient (Wildman–Crippen LogP) is 3.05. The number of benzene rings is 2. The topological polar surface area (TPSA) is 135 Å². The number of esters is 1. The minimum Gasteiger partial charge on any atom is -0.465 e. The number of nitrogens with one attached hydrogen (secondary N) is 1. The van der Waals surface area contributed by atoms with E-state index in [2.05, 4.69) is 10.3 Å². The van der Waals surface area contributed by atoms with Gasteiger partial charge in [-0.2, -0.15) is 5.26 Å². The summed E-state index contributed by atoms with van der Waals surface area (Å²) in [5, 5.41) is 17.6. The van der Waals surface area contributed by atoms with Gasteiger partial charge < -0.3 is 10.1 Å². The summed E-state index contributed by atoms with van der Waals surface area (Å²) < 4.78 is 41.5. The van der Waals surface area contributed by atoms with E-state index < -0.39 is 21.8 Å². The van der Waals surface area contributed by atoms with E-state index >= 15 is 0 Å². The number of primary sulfonamides is 1. The van der Waals surface area contributed by atoms with Gasteiger partial charge in [-0.15, -0.1) is 0 Å². The Labute approximate surface area is 184 Å². The molecule has 0 saturated heterocycles. The zero-order valence-electron chi connectivity index (χ0n) is 17.0. The minimum atomic E-state index is -3.87. The van der Waals surface area contributed by atoms with E-state index in [9.17, 15) is 22.9 Å². The number of halogens is 1. The van der Waals surface area contributed by atoms with Crippen LogP contribution in [0, 0.1) is 17.1 Å². The Kier molecular flexibility index (Phi) is 6.82. The first-order chi connectivity index (χ1) is 15.2. The number of hydrogen-bond acceptors (Lipinski definition) is 7. The van der Waals surface area contributed by atoms with Crippen molar-refractivity contribution in [2.75, 3.05) is 18.5 Å². The Morgan fingerprint density at radius 1 is 1.16 bits per heavy atom. The Morgan fingerprint density at radius 2 is 1.78 bits per heavy atom. The molecule has 0 amide bonds.